The fourth-order valence-electron chi connectivity index (χ4n) is 11.3. The van der Waals surface area contributed by atoms with Crippen molar-refractivity contribution in [3.05, 3.63) is 77.9 Å². The summed E-state index contributed by atoms with van der Waals surface area (Å²) < 4.78 is 29.8. The molecule has 0 radical (unpaired) electrons. The topological polar surface area (TPSA) is 370 Å². The second kappa shape index (κ2) is 37.9. The molecule has 4 aliphatic heterocycles. The molecule has 1 aromatic carbocycles. The number of nitrogens with zero attached hydrogens (tertiary/aromatic N) is 3. The molecule has 5 rings (SSSR count). The lowest BCUT2D eigenvalue weighted by atomic mass is 9.88. The van der Waals surface area contributed by atoms with Gasteiger partial charge in [-0.15, -0.1) is 0 Å². The number of aliphatic hydroxyl groups excluding tert-OH is 2. The minimum atomic E-state index is -1.23. The number of esters is 1. The van der Waals surface area contributed by atoms with Gasteiger partial charge < -0.3 is 70.5 Å². The number of primary amides is 1. The third-order valence-corrected chi connectivity index (χ3v) is 17.3. The number of cyclic esters (lactones) is 1. The number of ether oxygens (including phenoxy) is 5. The Kier molecular flexibility index (Phi) is 31.7. The van der Waals surface area contributed by atoms with Crippen LogP contribution in [0, 0.1) is 17.8 Å². The summed E-state index contributed by atoms with van der Waals surface area (Å²) in [5, 5.41) is 40.9. The Bertz CT molecular complexity index is 2830. The van der Waals surface area contributed by atoms with Crippen molar-refractivity contribution in [3.63, 3.8) is 0 Å². The van der Waals surface area contributed by atoms with Gasteiger partial charge in [0.1, 0.15) is 30.4 Å². The number of anilines is 1. The third kappa shape index (κ3) is 25.3. The summed E-state index contributed by atoms with van der Waals surface area (Å²) in [6.45, 7) is 16.9. The molecule has 516 valence electrons. The number of imide groups is 1. The number of hydrogen-bond acceptors (Lipinski definition) is 19. The summed E-state index contributed by atoms with van der Waals surface area (Å²) in [6.07, 6.45) is 10.6. The lowest BCUT2D eigenvalue weighted by Crippen LogP contribution is -2.57. The van der Waals surface area contributed by atoms with E-state index in [2.05, 4.69) is 16.0 Å². The second-order valence-electron chi connectivity index (χ2n) is 25.2. The highest BCUT2D eigenvalue weighted by atomic mass is 16.6. The first kappa shape index (κ1) is 77.8. The molecule has 26 nitrogen and oxygen atoms in total. The van der Waals surface area contributed by atoms with Gasteiger partial charge in [0.25, 0.3) is 11.8 Å². The molecule has 0 saturated carbocycles. The van der Waals surface area contributed by atoms with Crippen LogP contribution in [0.4, 0.5) is 15.3 Å². The minimum absolute atomic E-state index is 0.0619. The fraction of sp³-hybridized carbons (Fsp3) is 0.642. The number of carbonyl (C=O) groups is 9. The molecule has 4 heterocycles. The van der Waals surface area contributed by atoms with Crippen LogP contribution < -0.4 is 21.7 Å². The number of amides is 8. The van der Waals surface area contributed by atoms with Gasteiger partial charge in [-0.25, -0.2) is 9.59 Å². The quantitative estimate of drug-likeness (QED) is 0.00936. The average molecular weight is 1310 g/mol. The molecule has 0 aliphatic carbocycles. The number of carbonyl (C=O) groups excluding carboxylic acids is 11. The minimum Gasteiger partial charge on any atom is -0.457 e. The maximum absolute atomic E-state index is 14.2. The first-order valence-electron chi connectivity index (χ1n) is 32.2. The number of benzene rings is 1. The van der Waals surface area contributed by atoms with Crippen LogP contribution in [0.5, 0.6) is 0 Å². The highest BCUT2D eigenvalue weighted by Crippen LogP contribution is 2.38. The normalized spacial score (nSPS) is 24.9. The van der Waals surface area contributed by atoms with Crippen LogP contribution in [-0.2, 0) is 73.4 Å². The summed E-state index contributed by atoms with van der Waals surface area (Å²) in [6, 6.07) is 4.14. The Morgan fingerprint density at radius 2 is 1.59 bits per heavy atom. The summed E-state index contributed by atoms with van der Waals surface area (Å²) in [7, 11) is 1.49. The van der Waals surface area contributed by atoms with Crippen LogP contribution in [0.1, 0.15) is 158 Å². The van der Waals surface area contributed by atoms with Crippen LogP contribution in [0.25, 0.3) is 0 Å². The smallest absolute Gasteiger partial charge is 0.410 e. The molecule has 13 atom stereocenters. The zero-order valence-electron chi connectivity index (χ0n) is 55.5. The van der Waals surface area contributed by atoms with E-state index in [-0.39, 0.29) is 119 Å². The van der Waals surface area contributed by atoms with E-state index in [0.29, 0.717) is 68.2 Å². The Hall–Kier alpha value is -7.61. The van der Waals surface area contributed by atoms with Gasteiger partial charge in [0.2, 0.25) is 23.6 Å². The van der Waals surface area contributed by atoms with Crippen LogP contribution in [0.3, 0.4) is 0 Å². The van der Waals surface area contributed by atoms with E-state index in [1.807, 2.05) is 27.7 Å². The molecule has 2 saturated heterocycles. The van der Waals surface area contributed by atoms with Crippen molar-refractivity contribution in [1.29, 1.82) is 0 Å². The molecule has 0 spiro atoms. The largest absolute Gasteiger partial charge is 0.457 e. The molecule has 2 fully saturated rings. The van der Waals surface area contributed by atoms with E-state index in [1.54, 1.807) is 94.2 Å². The van der Waals surface area contributed by atoms with Crippen LogP contribution in [0.15, 0.2) is 72.4 Å². The predicted octanol–water partition coefficient (Wildman–Crippen LogP) is 5.61. The number of nitrogens with two attached hydrogens (primary N) is 1. The maximum atomic E-state index is 14.2. The highest BCUT2D eigenvalue weighted by Gasteiger charge is 2.47. The molecule has 4 aliphatic rings. The second-order valence-corrected chi connectivity index (χ2v) is 25.2. The van der Waals surface area contributed by atoms with E-state index < -0.39 is 95.5 Å². The number of nitrogens with one attached hydrogen (secondary N) is 3. The van der Waals surface area contributed by atoms with Gasteiger partial charge in [0.15, 0.2) is 6.10 Å². The molecule has 93 heavy (non-hydrogen) atoms. The first-order valence-corrected chi connectivity index (χ1v) is 32.2. The van der Waals surface area contributed by atoms with Gasteiger partial charge in [0.05, 0.1) is 42.5 Å². The Morgan fingerprint density at radius 1 is 0.925 bits per heavy atom. The number of aliphatic hydroxyl groups is 3. The van der Waals surface area contributed by atoms with Crippen molar-refractivity contribution < 1.29 is 91.7 Å². The van der Waals surface area contributed by atoms with Gasteiger partial charge in [-0.05, 0) is 107 Å². The molecule has 8 amide bonds. The van der Waals surface area contributed by atoms with Gasteiger partial charge in [-0.2, -0.15) is 9.59 Å². The summed E-state index contributed by atoms with van der Waals surface area (Å²) >= 11 is 0. The van der Waals surface area contributed by atoms with Crippen molar-refractivity contribution in [3.8, 4) is 0 Å². The Balaban J connectivity index is 0.00000602. The molecular formula is C67H99N7O19. The predicted molar refractivity (Wildman–Crippen MR) is 339 cm³/mol. The van der Waals surface area contributed by atoms with E-state index in [9.17, 15) is 58.5 Å². The standard InChI is InChI=1S/C66H99N7O17.CO2/c1-11-47-39-71(63(83)89-52-28-23-43(6)59(90-57(80)37-48(74)31-33-66(52,9)86-10)42(5)19-18-32-65(8,85)38-51-60(88-51)44(7)50(75)12-2)35-36-72(47)64(84)87-40-45-24-26-46(27-25-45)68-61(81)49(20-15-16-21-53(67)76)69-62(82)58(41(3)4)70-54(77)22-14-13-17-34-73-55(78)29-30-56(73)79;2-1-3/h18-19,23-30,32,41,43-44,47-52,58-60,74-75,85H,11-17,20-22,31,33-40H2,1-10H3,(H2,67,76)(H,68,81)(H,69,82)(H,70,77);/b28-23+,32-18+,42-19+;/t43-,44+,47-,48+,49-,50-,51+,52-,58-,59+,60+,65-,66+;/m0./s1. The Morgan fingerprint density at radius 3 is 2.22 bits per heavy atom. The van der Waals surface area contributed by atoms with E-state index >= 15 is 0 Å². The SMILES string of the molecule is CC[C@H]1CN(C(=O)O[C@H]2/C=C/[C@H](C)[C@@H](/C(C)=C/C=C/[C@](C)(O)C[C@H]3O[C@@H]3[C@H](C)[C@@H](O)CC)OC(=O)C[C@H](O)CC[C@@]2(C)OC)CCN1C(=O)OCc1ccc(NC(=O)[C@H](CCCCC(N)=O)NC(=O)[C@@H](NC(=O)CCCCCN2C(=O)C=CC2=O)C(C)C)cc1.O=C=O. The van der Waals surface area contributed by atoms with Crippen molar-refractivity contribution in [2.75, 3.05) is 38.6 Å². The summed E-state index contributed by atoms with van der Waals surface area (Å²) in [5.41, 5.74) is 4.63. The lowest BCUT2D eigenvalue weighted by Gasteiger charge is -2.41. The maximum Gasteiger partial charge on any atom is 0.410 e. The van der Waals surface area contributed by atoms with E-state index in [1.165, 1.54) is 24.2 Å². The van der Waals surface area contributed by atoms with Gasteiger partial charge >= 0.3 is 24.3 Å². The number of epoxide rings is 1. The fourth-order valence-corrected chi connectivity index (χ4v) is 11.3. The molecule has 0 unspecified atom stereocenters. The van der Waals surface area contributed by atoms with E-state index in [4.69, 9.17) is 39.0 Å². The first-order chi connectivity index (χ1) is 44.0. The number of allylic oxidation sites excluding steroid dienone is 2. The monoisotopic (exact) mass is 1310 g/mol. The highest BCUT2D eigenvalue weighted by molar-refractivity contribution is 6.12. The molecule has 1 aromatic rings. The zero-order valence-corrected chi connectivity index (χ0v) is 55.5. The lowest BCUT2D eigenvalue weighted by molar-refractivity contribution is -0.192. The zero-order chi connectivity index (χ0) is 69.2. The van der Waals surface area contributed by atoms with Crippen molar-refractivity contribution in [1.82, 2.24) is 25.3 Å². The summed E-state index contributed by atoms with van der Waals surface area (Å²) in [5.74, 6) is -4.17. The average Bonchev–Trinajstić information content (AvgIpc) is 1.54. The molecular weight excluding hydrogens is 1210 g/mol. The van der Waals surface area contributed by atoms with Crippen molar-refractivity contribution in [2.24, 2.45) is 23.5 Å². The number of methoxy groups -OCH3 is 1. The van der Waals surface area contributed by atoms with Crippen molar-refractivity contribution in [2.45, 2.75) is 225 Å². The molecule has 26 heteroatoms. The van der Waals surface area contributed by atoms with Crippen molar-refractivity contribution >= 4 is 65.4 Å². The molecule has 0 aromatic heterocycles. The van der Waals surface area contributed by atoms with Crippen LogP contribution in [0.2, 0.25) is 0 Å². The van der Waals surface area contributed by atoms with Gasteiger partial charge in [0, 0.05) is 82.2 Å². The third-order valence-electron chi connectivity index (χ3n) is 17.3. The van der Waals surface area contributed by atoms with Crippen LogP contribution >= 0.6 is 0 Å². The van der Waals surface area contributed by atoms with Gasteiger partial charge in [-0.1, -0.05) is 90.8 Å². The van der Waals surface area contributed by atoms with Gasteiger partial charge in [-0.3, -0.25) is 38.5 Å². The number of piperazine rings is 1. The molecule has 0 bridgehead atoms. The summed E-state index contributed by atoms with van der Waals surface area (Å²) in [4.78, 5) is 137. The van der Waals surface area contributed by atoms with E-state index in [0.717, 1.165) is 4.90 Å². The number of unbranched alkanes of at least 4 members (excludes halogenated alkanes) is 3. The van der Waals surface area contributed by atoms with Crippen LogP contribution in [-0.4, -0.2) is 189 Å². The number of rotatable bonds is 30. The molecule has 8 N–H and O–H groups in total. The number of hydrogen-bond donors (Lipinski definition) is 7. The Labute approximate surface area is 545 Å².